The maximum Gasteiger partial charge on any atom is 0.174 e. The molecule has 9 heavy (non-hydrogen) atoms. The van der Waals surface area contributed by atoms with Gasteiger partial charge < -0.3 is 10.2 Å². The van der Waals surface area contributed by atoms with Crippen LogP contribution in [0.15, 0.2) is 11.1 Å². The van der Waals surface area contributed by atoms with E-state index in [-0.39, 0.29) is 0 Å². The van der Waals surface area contributed by atoms with E-state index in [1.807, 2.05) is 13.8 Å². The van der Waals surface area contributed by atoms with Crippen LogP contribution >= 0.6 is 0 Å². The molecule has 0 bridgehead atoms. The average molecular weight is 130 g/mol. The summed E-state index contributed by atoms with van der Waals surface area (Å²) in [5.74, 6) is 0. The Bertz CT molecular complexity index is 114. The Morgan fingerprint density at radius 3 is 1.89 bits per heavy atom. The van der Waals surface area contributed by atoms with Crippen molar-refractivity contribution in [3.63, 3.8) is 0 Å². The third-order valence-electron chi connectivity index (χ3n) is 1.59. The number of aliphatic hydroxyl groups is 2. The highest BCUT2D eigenvalue weighted by molar-refractivity contribution is 5.10. The fourth-order valence-corrected chi connectivity index (χ4v) is 0.499. The molecule has 0 saturated heterocycles. The Morgan fingerprint density at radius 2 is 1.78 bits per heavy atom. The zero-order chi connectivity index (χ0) is 7.44. The van der Waals surface area contributed by atoms with E-state index in [4.69, 9.17) is 10.2 Å². The van der Waals surface area contributed by atoms with Crippen molar-refractivity contribution in [3.05, 3.63) is 11.1 Å². The minimum atomic E-state index is -1.27. The number of aliphatic hydroxyl groups excluding tert-OH is 1. The van der Waals surface area contributed by atoms with Gasteiger partial charge in [0.05, 0.1) is 0 Å². The first-order valence-corrected chi connectivity index (χ1v) is 3.12. The van der Waals surface area contributed by atoms with Crippen molar-refractivity contribution < 1.29 is 10.2 Å². The Morgan fingerprint density at radius 1 is 1.33 bits per heavy atom. The number of hydrogen-bond acceptors (Lipinski definition) is 2. The lowest BCUT2D eigenvalue weighted by molar-refractivity contribution is -0.00853. The number of hydrogen-bond donors (Lipinski definition) is 2. The van der Waals surface area contributed by atoms with E-state index in [1.54, 1.807) is 6.92 Å². The van der Waals surface area contributed by atoms with Crippen molar-refractivity contribution in [2.24, 2.45) is 0 Å². The Hall–Kier alpha value is -0.340. The van der Waals surface area contributed by atoms with Gasteiger partial charge in [-0.2, -0.15) is 0 Å². The molecule has 2 N–H and O–H groups in total. The first-order chi connectivity index (χ1) is 4.09. The van der Waals surface area contributed by atoms with Gasteiger partial charge in [0.25, 0.3) is 0 Å². The van der Waals surface area contributed by atoms with Crippen LogP contribution in [0.4, 0.5) is 0 Å². The van der Waals surface area contributed by atoms with Gasteiger partial charge in [0.1, 0.15) is 0 Å². The highest BCUT2D eigenvalue weighted by Crippen LogP contribution is 2.08. The van der Waals surface area contributed by atoms with Gasteiger partial charge in [-0.25, -0.2) is 0 Å². The maximum atomic E-state index is 8.62. The monoisotopic (exact) mass is 130 g/mol. The van der Waals surface area contributed by atoms with E-state index in [9.17, 15) is 0 Å². The Labute approximate surface area is 55.8 Å². The van der Waals surface area contributed by atoms with Crippen molar-refractivity contribution in [2.75, 3.05) is 0 Å². The van der Waals surface area contributed by atoms with Gasteiger partial charge in [-0.3, -0.25) is 0 Å². The minimum Gasteiger partial charge on any atom is -0.365 e. The van der Waals surface area contributed by atoms with E-state index in [0.29, 0.717) is 5.57 Å². The predicted octanol–water partition coefficient (Wildman–Crippen LogP) is 1.04. The molecule has 2 nitrogen and oxygen atoms in total. The van der Waals surface area contributed by atoms with Gasteiger partial charge in [0.2, 0.25) is 0 Å². The lowest BCUT2D eigenvalue weighted by atomic mass is 10.1. The normalized spacial score (nSPS) is 14.0. The molecule has 0 aliphatic heterocycles. The summed E-state index contributed by atoms with van der Waals surface area (Å²) in [6.45, 7) is 5.61. The second-order valence-electron chi connectivity index (χ2n) is 2.19. The maximum absolute atomic E-state index is 8.62. The molecular formula is C7H14O2. The van der Waals surface area contributed by atoms with Crippen LogP contribution < -0.4 is 0 Å². The first kappa shape index (κ1) is 8.66. The molecule has 0 spiro atoms. The van der Waals surface area contributed by atoms with Crippen LogP contribution in [0.2, 0.25) is 0 Å². The van der Waals surface area contributed by atoms with Gasteiger partial charge in [-0.1, -0.05) is 12.5 Å². The molecule has 0 aliphatic carbocycles. The second kappa shape index (κ2) is 3.64. The van der Waals surface area contributed by atoms with Crippen molar-refractivity contribution in [2.45, 2.75) is 33.5 Å². The molecule has 0 aliphatic rings. The third kappa shape index (κ3) is 2.63. The second-order valence-corrected chi connectivity index (χ2v) is 2.19. The van der Waals surface area contributed by atoms with Crippen molar-refractivity contribution in [1.82, 2.24) is 0 Å². The summed E-state index contributed by atoms with van der Waals surface area (Å²) in [5.41, 5.74) is 1.71. The first-order valence-electron chi connectivity index (χ1n) is 3.12. The van der Waals surface area contributed by atoms with Crippen LogP contribution in [0.5, 0.6) is 0 Å². The van der Waals surface area contributed by atoms with Gasteiger partial charge in [0, 0.05) is 0 Å². The molecule has 0 saturated carbocycles. The van der Waals surface area contributed by atoms with Crippen molar-refractivity contribution >= 4 is 0 Å². The van der Waals surface area contributed by atoms with Crippen LogP contribution in [0.25, 0.3) is 0 Å². The summed E-state index contributed by atoms with van der Waals surface area (Å²) in [5, 5.41) is 17.2. The minimum absolute atomic E-state index is 0.664. The molecule has 0 amide bonds. The molecule has 0 rings (SSSR count). The largest absolute Gasteiger partial charge is 0.365 e. The fourth-order valence-electron chi connectivity index (χ4n) is 0.499. The molecule has 0 aromatic rings. The quantitative estimate of drug-likeness (QED) is 0.433. The molecule has 0 heterocycles. The molecule has 0 atom stereocenters. The van der Waals surface area contributed by atoms with Gasteiger partial charge in [-0.05, 0) is 25.8 Å². The lowest BCUT2D eigenvalue weighted by Gasteiger charge is -2.06. The van der Waals surface area contributed by atoms with Gasteiger partial charge >= 0.3 is 0 Å². The summed E-state index contributed by atoms with van der Waals surface area (Å²) in [6.07, 6.45) is -0.395. The predicted molar refractivity (Wildman–Crippen MR) is 36.9 cm³/mol. The van der Waals surface area contributed by atoms with Crippen LogP contribution in [0.1, 0.15) is 27.2 Å². The highest BCUT2D eigenvalue weighted by atomic mass is 16.5. The van der Waals surface area contributed by atoms with Gasteiger partial charge in [0.15, 0.2) is 6.29 Å². The summed E-state index contributed by atoms with van der Waals surface area (Å²) in [6, 6.07) is 0. The molecular weight excluding hydrogens is 116 g/mol. The van der Waals surface area contributed by atoms with Crippen LogP contribution in [0.3, 0.4) is 0 Å². The van der Waals surface area contributed by atoms with E-state index >= 15 is 0 Å². The summed E-state index contributed by atoms with van der Waals surface area (Å²) < 4.78 is 0. The fraction of sp³-hybridized carbons (Fsp3) is 0.714. The van der Waals surface area contributed by atoms with E-state index in [1.165, 1.54) is 0 Å². The molecule has 0 radical (unpaired) electrons. The zero-order valence-corrected chi connectivity index (χ0v) is 6.18. The zero-order valence-electron chi connectivity index (χ0n) is 6.18. The highest BCUT2D eigenvalue weighted by Gasteiger charge is 2.01. The van der Waals surface area contributed by atoms with Crippen molar-refractivity contribution in [3.8, 4) is 0 Å². The molecule has 0 unspecified atom stereocenters. The molecule has 2 heteroatoms. The number of rotatable bonds is 2. The molecule has 54 valence electrons. The third-order valence-corrected chi connectivity index (χ3v) is 1.59. The van der Waals surface area contributed by atoms with Gasteiger partial charge in [-0.15, -0.1) is 0 Å². The lowest BCUT2D eigenvalue weighted by Crippen LogP contribution is -2.07. The topological polar surface area (TPSA) is 40.5 Å². The summed E-state index contributed by atoms with van der Waals surface area (Å²) in [7, 11) is 0. The molecule has 0 fully saturated rings. The van der Waals surface area contributed by atoms with E-state index < -0.39 is 6.29 Å². The Balaban J connectivity index is 4.10. The smallest absolute Gasteiger partial charge is 0.174 e. The summed E-state index contributed by atoms with van der Waals surface area (Å²) >= 11 is 0. The van der Waals surface area contributed by atoms with Crippen molar-refractivity contribution in [1.29, 1.82) is 0 Å². The SMILES string of the molecule is CC/C(C)=C(\C)C(O)O. The molecule has 0 aromatic heterocycles. The van der Waals surface area contributed by atoms with Crippen LogP contribution in [0, 0.1) is 0 Å². The standard InChI is InChI=1S/C7H14O2/c1-4-5(2)6(3)7(8)9/h7-9H,4H2,1-3H3/b6-5+. The van der Waals surface area contributed by atoms with E-state index in [0.717, 1.165) is 12.0 Å². The Kier molecular flexibility index (Phi) is 3.50. The average Bonchev–Trinajstić information content (AvgIpc) is 1.84. The van der Waals surface area contributed by atoms with E-state index in [2.05, 4.69) is 0 Å². The number of allylic oxidation sites excluding steroid dienone is 1. The van der Waals surface area contributed by atoms with Crippen LogP contribution in [-0.4, -0.2) is 16.5 Å². The molecule has 0 aromatic carbocycles. The van der Waals surface area contributed by atoms with Crippen LogP contribution in [-0.2, 0) is 0 Å². The summed E-state index contributed by atoms with van der Waals surface area (Å²) in [4.78, 5) is 0.